The summed E-state index contributed by atoms with van der Waals surface area (Å²) in [6.45, 7) is 18.4. The Morgan fingerprint density at radius 3 is 1.74 bits per heavy atom. The summed E-state index contributed by atoms with van der Waals surface area (Å²) < 4.78 is 5.15. The third kappa shape index (κ3) is 13.2. The van der Waals surface area contributed by atoms with Gasteiger partial charge in [0.2, 0.25) is 29.5 Å². The summed E-state index contributed by atoms with van der Waals surface area (Å²) in [5.41, 5.74) is 4.31. The minimum absolute atomic E-state index is 0.0906. The highest BCUT2D eigenvalue weighted by atomic mass is 16.6. The topological polar surface area (TPSA) is 216 Å². The second-order valence-electron chi connectivity index (χ2n) is 13.3. The first kappa shape index (κ1) is 40.1. The maximum atomic E-state index is 13.3. The Kier molecular flexibility index (Phi) is 15.4. The minimum atomic E-state index is -1.000. The van der Waals surface area contributed by atoms with Gasteiger partial charge in [-0.2, -0.15) is 0 Å². The Morgan fingerprint density at radius 2 is 1.20 bits per heavy atom. The quantitative estimate of drug-likeness (QED) is 0.121. The van der Waals surface area contributed by atoms with E-state index >= 15 is 0 Å². The molecule has 1 saturated heterocycles. The molecule has 1 aliphatic heterocycles. The molecule has 0 bridgehead atoms. The van der Waals surface area contributed by atoms with E-state index in [4.69, 9.17) is 4.74 Å². The molecule has 1 aliphatic rings. The van der Waals surface area contributed by atoms with Gasteiger partial charge < -0.3 is 36.2 Å². The van der Waals surface area contributed by atoms with Gasteiger partial charge >= 0.3 is 6.09 Å². The zero-order chi connectivity index (χ0) is 35.5. The second-order valence-corrected chi connectivity index (χ2v) is 13.3. The summed E-state index contributed by atoms with van der Waals surface area (Å²) in [5.74, 6) is -3.44. The molecule has 16 nitrogen and oxygen atoms in total. The lowest BCUT2D eigenvalue weighted by Crippen LogP contribution is -2.60. The smallest absolute Gasteiger partial charge is 0.408 e. The van der Waals surface area contributed by atoms with E-state index in [0.717, 1.165) is 0 Å². The highest BCUT2D eigenvalue weighted by Gasteiger charge is 2.38. The maximum absolute atomic E-state index is 13.3. The summed E-state index contributed by atoms with van der Waals surface area (Å²) >= 11 is 0. The normalized spacial score (nSPS) is 18.0. The molecule has 1 fully saturated rings. The number of carbonyl (C=O) groups excluding carboxylic acids is 7. The third-order valence-electron chi connectivity index (χ3n) is 6.93. The summed E-state index contributed by atoms with van der Waals surface area (Å²) in [6, 6.07) is -5.62. The van der Waals surface area contributed by atoms with Gasteiger partial charge in [0.25, 0.3) is 5.91 Å². The van der Waals surface area contributed by atoms with Gasteiger partial charge in [-0.15, -0.1) is 0 Å². The zero-order valence-electron chi connectivity index (χ0n) is 29.0. The van der Waals surface area contributed by atoms with E-state index in [9.17, 15) is 33.6 Å². The van der Waals surface area contributed by atoms with E-state index < -0.39 is 77.5 Å². The van der Waals surface area contributed by atoms with Gasteiger partial charge in [0.1, 0.15) is 41.9 Å². The number of ether oxygens (including phenoxy) is 1. The van der Waals surface area contributed by atoms with Crippen LogP contribution in [0.15, 0.2) is 0 Å². The third-order valence-corrected chi connectivity index (χ3v) is 6.93. The number of hydrogen-bond acceptors (Lipinski definition) is 9. The van der Waals surface area contributed by atoms with Gasteiger partial charge in [-0.25, -0.2) is 10.2 Å². The van der Waals surface area contributed by atoms with Crippen LogP contribution in [0, 0.1) is 5.92 Å². The van der Waals surface area contributed by atoms with Gasteiger partial charge in [-0.1, -0.05) is 13.8 Å². The Hall–Kier alpha value is -3.95. The Morgan fingerprint density at radius 1 is 0.674 bits per heavy atom. The molecule has 16 heteroatoms. The minimum Gasteiger partial charge on any atom is -0.444 e. The largest absolute Gasteiger partial charge is 0.444 e. The standard InChI is InChI=1S/C30H54N8O8/c1-15(2)22(27(43)37-36-19(7)25(41)32-17(5)23(39)31-16(3)4)35-26(42)21-13-12-14-38(21)28(44)20(8)33-24(40)18(6)34-29(45)46-30(9,10)11/h15-22,36H,12-14H2,1-11H3,(H,31,39)(H,32,41)(H,33,40)(H,34,45)(H,35,42)(H,37,43)/t17-,18-,19-,20-,21-,22-/m0/s1. The Balaban J connectivity index is 2.75. The molecule has 0 aromatic heterocycles. The molecule has 262 valence electrons. The van der Waals surface area contributed by atoms with Crippen molar-refractivity contribution in [2.45, 2.75) is 137 Å². The predicted octanol–water partition coefficient (Wildman–Crippen LogP) is -0.425. The number of hydrazine groups is 1. The van der Waals surface area contributed by atoms with Crippen molar-refractivity contribution in [2.24, 2.45) is 5.92 Å². The van der Waals surface area contributed by atoms with Crippen LogP contribution in [-0.4, -0.2) is 101 Å². The summed E-state index contributed by atoms with van der Waals surface area (Å²) in [7, 11) is 0. The van der Waals surface area contributed by atoms with E-state index in [1.54, 1.807) is 55.4 Å². The number of nitrogens with one attached hydrogen (secondary N) is 7. The van der Waals surface area contributed by atoms with E-state index in [2.05, 4.69) is 37.4 Å². The molecule has 0 aliphatic carbocycles. The van der Waals surface area contributed by atoms with Crippen molar-refractivity contribution in [1.29, 1.82) is 0 Å². The van der Waals surface area contributed by atoms with Crippen LogP contribution in [0.2, 0.25) is 0 Å². The van der Waals surface area contributed by atoms with Gasteiger partial charge in [-0.05, 0) is 81.1 Å². The van der Waals surface area contributed by atoms with Crippen LogP contribution < -0.4 is 37.4 Å². The lowest BCUT2D eigenvalue weighted by Gasteiger charge is -2.30. The van der Waals surface area contributed by atoms with Crippen molar-refractivity contribution in [3.8, 4) is 0 Å². The molecule has 6 atom stereocenters. The highest BCUT2D eigenvalue weighted by Crippen LogP contribution is 2.19. The molecule has 1 heterocycles. The monoisotopic (exact) mass is 654 g/mol. The molecule has 0 aromatic rings. The number of alkyl carbamates (subject to hydrolysis) is 1. The average Bonchev–Trinajstić information content (AvgIpc) is 3.42. The number of carbonyl (C=O) groups is 7. The van der Waals surface area contributed by atoms with Crippen LogP contribution >= 0.6 is 0 Å². The molecule has 0 spiro atoms. The summed E-state index contributed by atoms with van der Waals surface area (Å²) in [6.07, 6.45) is 0.128. The number of hydrogen-bond donors (Lipinski definition) is 7. The van der Waals surface area contributed by atoms with Crippen molar-refractivity contribution < 1.29 is 38.3 Å². The first-order valence-electron chi connectivity index (χ1n) is 15.7. The molecule has 0 unspecified atom stereocenters. The lowest BCUT2D eigenvalue weighted by atomic mass is 10.0. The van der Waals surface area contributed by atoms with E-state index in [-0.39, 0.29) is 24.4 Å². The van der Waals surface area contributed by atoms with Crippen molar-refractivity contribution in [3.05, 3.63) is 0 Å². The maximum Gasteiger partial charge on any atom is 0.408 e. The fraction of sp³-hybridized carbons (Fsp3) is 0.767. The SMILES string of the molecule is CC(C)NC(=O)[C@H](C)NC(=O)[C@H](C)NNC(=O)[C@@H](NC(=O)[C@@H]1CCCN1C(=O)[C@H](C)NC(=O)[C@H](C)NC(=O)OC(C)(C)C)C(C)C. The fourth-order valence-corrected chi connectivity index (χ4v) is 4.42. The molecule has 0 radical (unpaired) electrons. The second kappa shape index (κ2) is 17.7. The summed E-state index contributed by atoms with van der Waals surface area (Å²) in [5, 5.41) is 13.0. The molecule has 7 N–H and O–H groups in total. The van der Waals surface area contributed by atoms with Crippen LogP contribution in [0.5, 0.6) is 0 Å². The number of amides is 7. The van der Waals surface area contributed by atoms with E-state index in [0.29, 0.717) is 12.8 Å². The fourth-order valence-electron chi connectivity index (χ4n) is 4.42. The van der Waals surface area contributed by atoms with E-state index in [1.807, 2.05) is 0 Å². The van der Waals surface area contributed by atoms with Gasteiger partial charge in [0.05, 0.1) is 0 Å². The summed E-state index contributed by atoms with van der Waals surface area (Å²) in [4.78, 5) is 90.2. The first-order chi connectivity index (χ1) is 21.1. The van der Waals surface area contributed by atoms with E-state index in [1.165, 1.54) is 25.7 Å². The predicted molar refractivity (Wildman–Crippen MR) is 170 cm³/mol. The number of nitrogens with zero attached hydrogens (tertiary/aromatic N) is 1. The molecule has 0 aromatic carbocycles. The van der Waals surface area contributed by atoms with Crippen LogP contribution in [-0.2, 0) is 33.5 Å². The number of likely N-dealkylation sites (tertiary alicyclic amines) is 1. The highest BCUT2D eigenvalue weighted by molar-refractivity contribution is 5.95. The molecular weight excluding hydrogens is 600 g/mol. The molecule has 1 rings (SSSR count). The van der Waals surface area contributed by atoms with Gasteiger partial charge in [-0.3, -0.25) is 34.2 Å². The van der Waals surface area contributed by atoms with Crippen molar-refractivity contribution >= 4 is 41.5 Å². The van der Waals surface area contributed by atoms with Crippen molar-refractivity contribution in [1.82, 2.24) is 42.3 Å². The first-order valence-corrected chi connectivity index (χ1v) is 15.7. The Labute approximate surface area is 271 Å². The molecular formula is C30H54N8O8. The molecule has 0 saturated carbocycles. The van der Waals surface area contributed by atoms with Gasteiger partial charge in [0.15, 0.2) is 0 Å². The van der Waals surface area contributed by atoms with Crippen LogP contribution in [0.1, 0.15) is 89.0 Å². The van der Waals surface area contributed by atoms with Crippen LogP contribution in [0.4, 0.5) is 4.79 Å². The van der Waals surface area contributed by atoms with Gasteiger partial charge in [0, 0.05) is 12.6 Å². The zero-order valence-corrected chi connectivity index (χ0v) is 29.0. The van der Waals surface area contributed by atoms with Crippen LogP contribution in [0.3, 0.4) is 0 Å². The molecule has 7 amide bonds. The lowest BCUT2D eigenvalue weighted by molar-refractivity contribution is -0.142. The van der Waals surface area contributed by atoms with Crippen molar-refractivity contribution in [2.75, 3.05) is 6.54 Å². The van der Waals surface area contributed by atoms with Crippen LogP contribution in [0.25, 0.3) is 0 Å². The Bertz CT molecular complexity index is 1120. The number of rotatable bonds is 14. The molecule has 46 heavy (non-hydrogen) atoms. The van der Waals surface area contributed by atoms with Crippen molar-refractivity contribution in [3.63, 3.8) is 0 Å². The average molecular weight is 655 g/mol.